The lowest BCUT2D eigenvalue weighted by Crippen LogP contribution is -2.00. The minimum atomic E-state index is 0.613. The summed E-state index contributed by atoms with van der Waals surface area (Å²) in [5.74, 6) is 1.88. The molecule has 0 bridgehead atoms. The Morgan fingerprint density at radius 2 is 0.860 bits per heavy atom. The first-order valence-corrected chi connectivity index (χ1v) is 16.6. The highest BCUT2D eigenvalue weighted by Crippen LogP contribution is 2.41. The summed E-state index contributed by atoms with van der Waals surface area (Å²) in [7, 11) is 0. The molecule has 10 rings (SSSR count). The van der Waals surface area contributed by atoms with E-state index < -0.39 is 0 Å². The lowest BCUT2D eigenvalue weighted by molar-refractivity contribution is 0.669. The van der Waals surface area contributed by atoms with E-state index in [0.29, 0.717) is 17.5 Å². The molecule has 50 heavy (non-hydrogen) atoms. The number of hydrogen-bond donors (Lipinski definition) is 0. The van der Waals surface area contributed by atoms with Gasteiger partial charge in [-0.2, -0.15) is 0 Å². The molecular formula is C45H27N3O2. The predicted molar refractivity (Wildman–Crippen MR) is 202 cm³/mol. The number of para-hydroxylation sites is 2. The maximum absolute atomic E-state index is 6.61. The molecule has 0 saturated carbocycles. The van der Waals surface area contributed by atoms with Gasteiger partial charge < -0.3 is 8.83 Å². The molecule has 0 saturated heterocycles. The second-order valence-electron chi connectivity index (χ2n) is 12.4. The van der Waals surface area contributed by atoms with Gasteiger partial charge in [0, 0.05) is 43.8 Å². The van der Waals surface area contributed by atoms with Gasteiger partial charge >= 0.3 is 0 Å². The van der Waals surface area contributed by atoms with Gasteiger partial charge in [0.25, 0.3) is 0 Å². The van der Waals surface area contributed by atoms with Gasteiger partial charge in [0.1, 0.15) is 22.3 Å². The number of nitrogens with zero attached hydrogens (tertiary/aromatic N) is 3. The summed E-state index contributed by atoms with van der Waals surface area (Å²) in [5.41, 5.74) is 10.5. The summed E-state index contributed by atoms with van der Waals surface area (Å²) in [4.78, 5) is 14.8. The Hall–Kier alpha value is -6.85. The number of aromatic nitrogens is 3. The Bertz CT molecular complexity index is 2810. The van der Waals surface area contributed by atoms with Crippen LogP contribution in [0.3, 0.4) is 0 Å². The maximum atomic E-state index is 6.61. The molecule has 0 atom stereocenters. The summed E-state index contributed by atoms with van der Waals surface area (Å²) < 4.78 is 12.8. The molecule has 5 heteroatoms. The fraction of sp³-hybridized carbons (Fsp3) is 0. The summed E-state index contributed by atoms with van der Waals surface area (Å²) in [6, 6.07) is 55.7. The van der Waals surface area contributed by atoms with Gasteiger partial charge in [0.15, 0.2) is 17.5 Å². The zero-order valence-corrected chi connectivity index (χ0v) is 26.7. The van der Waals surface area contributed by atoms with E-state index in [0.717, 1.165) is 82.8 Å². The molecule has 0 fully saturated rings. The number of furan rings is 2. The topological polar surface area (TPSA) is 65.0 Å². The maximum Gasteiger partial charge on any atom is 0.164 e. The fourth-order valence-electron chi connectivity index (χ4n) is 6.97. The Balaban J connectivity index is 1.10. The van der Waals surface area contributed by atoms with E-state index in [9.17, 15) is 0 Å². The van der Waals surface area contributed by atoms with Crippen molar-refractivity contribution in [1.82, 2.24) is 15.0 Å². The van der Waals surface area contributed by atoms with E-state index >= 15 is 0 Å². The molecule has 0 aliphatic carbocycles. The van der Waals surface area contributed by atoms with E-state index in [4.69, 9.17) is 23.8 Å². The van der Waals surface area contributed by atoms with Crippen molar-refractivity contribution >= 4 is 43.9 Å². The standard InChI is InChI=1S/C45H27N3O2/c1-3-12-28(13-4-1)43-46-44(29-14-5-2-6-15-29)48-45(47-43)32-17-9-16-30(26-32)34-20-10-21-35-37-27-31(24-25-39(37)50-42(34)35)33-19-11-23-40-41(33)36-18-7-8-22-38(36)49-40/h1-27H. The first-order chi connectivity index (χ1) is 24.8. The predicted octanol–water partition coefficient (Wildman–Crippen LogP) is 12.0. The highest BCUT2D eigenvalue weighted by Gasteiger charge is 2.18. The van der Waals surface area contributed by atoms with Crippen LogP contribution < -0.4 is 0 Å². The van der Waals surface area contributed by atoms with E-state index in [-0.39, 0.29) is 0 Å². The Labute approximate surface area is 287 Å². The van der Waals surface area contributed by atoms with Crippen molar-refractivity contribution in [3.8, 4) is 56.4 Å². The van der Waals surface area contributed by atoms with Crippen molar-refractivity contribution in [2.24, 2.45) is 0 Å². The number of rotatable bonds is 5. The van der Waals surface area contributed by atoms with E-state index in [1.807, 2.05) is 91.0 Å². The van der Waals surface area contributed by atoms with Crippen molar-refractivity contribution in [3.05, 3.63) is 164 Å². The molecule has 0 spiro atoms. The van der Waals surface area contributed by atoms with Crippen LogP contribution >= 0.6 is 0 Å². The average molecular weight is 642 g/mol. The molecule has 0 aliphatic rings. The first-order valence-electron chi connectivity index (χ1n) is 16.6. The van der Waals surface area contributed by atoms with Crippen LogP contribution in [0.1, 0.15) is 0 Å². The van der Waals surface area contributed by atoms with Crippen LogP contribution in [0.15, 0.2) is 173 Å². The van der Waals surface area contributed by atoms with Crippen LogP contribution in [0.2, 0.25) is 0 Å². The normalized spacial score (nSPS) is 11.6. The molecule has 0 unspecified atom stereocenters. The molecule has 234 valence electrons. The van der Waals surface area contributed by atoms with Crippen LogP contribution in [-0.2, 0) is 0 Å². The smallest absolute Gasteiger partial charge is 0.164 e. The Kier molecular flexibility index (Phi) is 6.42. The van der Waals surface area contributed by atoms with Gasteiger partial charge in [-0.15, -0.1) is 0 Å². The third kappa shape index (κ3) is 4.67. The third-order valence-corrected chi connectivity index (χ3v) is 9.34. The molecule has 0 amide bonds. The zero-order chi connectivity index (χ0) is 33.0. The molecule has 5 nitrogen and oxygen atoms in total. The third-order valence-electron chi connectivity index (χ3n) is 9.34. The molecule has 3 aromatic heterocycles. The fourth-order valence-corrected chi connectivity index (χ4v) is 6.97. The van der Waals surface area contributed by atoms with Gasteiger partial charge in [0.05, 0.1) is 0 Å². The highest BCUT2D eigenvalue weighted by molar-refractivity contribution is 6.15. The zero-order valence-electron chi connectivity index (χ0n) is 26.7. The molecule has 0 N–H and O–H groups in total. The average Bonchev–Trinajstić information content (AvgIpc) is 3.77. The van der Waals surface area contributed by atoms with Gasteiger partial charge in [0.2, 0.25) is 0 Å². The van der Waals surface area contributed by atoms with Crippen molar-refractivity contribution < 1.29 is 8.83 Å². The SMILES string of the molecule is c1ccc(-c2nc(-c3ccccc3)nc(-c3cccc(-c4cccc5c4oc4ccc(-c6cccc7oc8ccccc8c67)cc45)c3)n2)cc1. The molecule has 0 aliphatic heterocycles. The van der Waals surface area contributed by atoms with Crippen LogP contribution in [0, 0.1) is 0 Å². The van der Waals surface area contributed by atoms with Crippen LogP contribution in [-0.4, -0.2) is 15.0 Å². The summed E-state index contributed by atoms with van der Waals surface area (Å²) >= 11 is 0. The van der Waals surface area contributed by atoms with Gasteiger partial charge in [-0.25, -0.2) is 15.0 Å². The second kappa shape index (κ2) is 11.4. The van der Waals surface area contributed by atoms with Crippen LogP contribution in [0.5, 0.6) is 0 Å². The van der Waals surface area contributed by atoms with Gasteiger partial charge in [-0.1, -0.05) is 133 Å². The van der Waals surface area contributed by atoms with Crippen LogP contribution in [0.25, 0.3) is 100 Å². The minimum absolute atomic E-state index is 0.613. The van der Waals surface area contributed by atoms with Crippen molar-refractivity contribution in [3.63, 3.8) is 0 Å². The van der Waals surface area contributed by atoms with E-state index in [1.165, 1.54) is 0 Å². The van der Waals surface area contributed by atoms with Gasteiger partial charge in [-0.05, 0) is 47.0 Å². The highest BCUT2D eigenvalue weighted by atomic mass is 16.3. The molecule has 3 heterocycles. The van der Waals surface area contributed by atoms with Crippen molar-refractivity contribution in [2.75, 3.05) is 0 Å². The monoisotopic (exact) mass is 641 g/mol. The first kappa shape index (κ1) is 28.2. The second-order valence-corrected chi connectivity index (χ2v) is 12.4. The Morgan fingerprint density at radius 1 is 0.320 bits per heavy atom. The summed E-state index contributed by atoms with van der Waals surface area (Å²) in [6.45, 7) is 0. The molecular weight excluding hydrogens is 615 g/mol. The van der Waals surface area contributed by atoms with E-state index in [1.54, 1.807) is 0 Å². The van der Waals surface area contributed by atoms with Crippen molar-refractivity contribution in [1.29, 1.82) is 0 Å². The quantitative estimate of drug-likeness (QED) is 0.187. The van der Waals surface area contributed by atoms with E-state index in [2.05, 4.69) is 72.8 Å². The number of fused-ring (bicyclic) bond motifs is 6. The molecule has 0 radical (unpaired) electrons. The molecule has 7 aromatic carbocycles. The van der Waals surface area contributed by atoms with Crippen LogP contribution in [0.4, 0.5) is 0 Å². The summed E-state index contributed by atoms with van der Waals surface area (Å²) in [5, 5.41) is 4.36. The Morgan fingerprint density at radius 3 is 1.64 bits per heavy atom. The van der Waals surface area contributed by atoms with Crippen molar-refractivity contribution in [2.45, 2.75) is 0 Å². The lowest BCUT2D eigenvalue weighted by Gasteiger charge is -2.10. The lowest BCUT2D eigenvalue weighted by atomic mass is 9.97. The van der Waals surface area contributed by atoms with Gasteiger partial charge in [-0.3, -0.25) is 0 Å². The minimum Gasteiger partial charge on any atom is -0.456 e. The molecule has 10 aromatic rings. The number of benzene rings is 7. The largest absolute Gasteiger partial charge is 0.456 e. The number of hydrogen-bond acceptors (Lipinski definition) is 5. The summed E-state index contributed by atoms with van der Waals surface area (Å²) in [6.07, 6.45) is 0.